The molecule has 0 amide bonds. The molecule has 1 aliphatic heterocycles. The molecule has 3 rings (SSSR count). The first-order chi connectivity index (χ1) is 12.8. The number of carbonyl (C=O) groups excluding carboxylic acids is 1. The molecule has 2 aromatic carbocycles. The number of ketones is 1. The van der Waals surface area contributed by atoms with E-state index in [9.17, 15) is 4.79 Å². The molecule has 0 spiro atoms. The molecule has 0 atom stereocenters. The van der Waals surface area contributed by atoms with Crippen molar-refractivity contribution in [3.63, 3.8) is 0 Å². The molecule has 0 radical (unpaired) electrons. The van der Waals surface area contributed by atoms with Crippen LogP contribution in [0.4, 0.5) is 0 Å². The average Bonchev–Trinajstić information content (AvgIpc) is 2.71. The highest BCUT2D eigenvalue weighted by molar-refractivity contribution is 5.93. The Morgan fingerprint density at radius 2 is 1.46 bits per heavy atom. The fourth-order valence-electron chi connectivity index (χ4n) is 4.00. The summed E-state index contributed by atoms with van der Waals surface area (Å²) in [6.45, 7) is 5.05. The lowest BCUT2D eigenvalue weighted by Crippen LogP contribution is -2.56. The maximum Gasteiger partial charge on any atom is 0.162 e. The Hall–Kier alpha value is -1.97. The first-order valence-corrected chi connectivity index (χ1v) is 9.77. The Morgan fingerprint density at radius 3 is 1.96 bits per heavy atom. The maximum absolute atomic E-state index is 13.8. The largest absolute Gasteiger partial charge is 0.379 e. The molecule has 138 valence electrons. The Labute approximate surface area is 157 Å². The minimum absolute atomic E-state index is 0.297. The Balaban J connectivity index is 2.12. The van der Waals surface area contributed by atoms with Crippen molar-refractivity contribution in [3.05, 3.63) is 71.8 Å². The van der Waals surface area contributed by atoms with Crippen LogP contribution in [-0.4, -0.2) is 37.0 Å². The van der Waals surface area contributed by atoms with Gasteiger partial charge in [-0.25, -0.2) is 0 Å². The molecule has 1 saturated heterocycles. The lowest BCUT2D eigenvalue weighted by molar-refractivity contribution is -0.132. The highest BCUT2D eigenvalue weighted by Gasteiger charge is 2.46. The number of ether oxygens (including phenoxy) is 1. The second-order valence-electron chi connectivity index (χ2n) is 6.92. The molecule has 0 saturated carbocycles. The molecule has 3 nitrogen and oxygen atoms in total. The van der Waals surface area contributed by atoms with Crippen LogP contribution < -0.4 is 0 Å². The minimum Gasteiger partial charge on any atom is -0.379 e. The van der Waals surface area contributed by atoms with E-state index in [1.54, 1.807) is 0 Å². The van der Waals surface area contributed by atoms with Gasteiger partial charge >= 0.3 is 0 Å². The molecular weight excluding hydrogens is 322 g/mol. The van der Waals surface area contributed by atoms with Gasteiger partial charge < -0.3 is 4.74 Å². The van der Waals surface area contributed by atoms with Crippen LogP contribution in [0.3, 0.4) is 0 Å². The van der Waals surface area contributed by atoms with Crippen molar-refractivity contribution in [1.82, 2.24) is 4.90 Å². The molecule has 2 aromatic rings. The summed E-state index contributed by atoms with van der Waals surface area (Å²) in [5, 5.41) is 0. The first-order valence-electron chi connectivity index (χ1n) is 9.77. The fourth-order valence-corrected chi connectivity index (χ4v) is 4.00. The van der Waals surface area contributed by atoms with E-state index in [-0.39, 0.29) is 0 Å². The van der Waals surface area contributed by atoms with Gasteiger partial charge in [-0.1, -0.05) is 80.4 Å². The monoisotopic (exact) mass is 351 g/mol. The standard InChI is InChI=1S/C23H29NO2/c1-2-3-6-15-22(25)23(20-11-7-4-8-12-20,21-13-9-5-10-14-21)24-16-18-26-19-17-24/h4-5,7-14H,2-3,6,15-19H2,1H3. The average molecular weight is 351 g/mol. The van der Waals surface area contributed by atoms with Crippen molar-refractivity contribution in [3.8, 4) is 0 Å². The van der Waals surface area contributed by atoms with Gasteiger partial charge in [-0.05, 0) is 17.5 Å². The van der Waals surface area contributed by atoms with E-state index in [4.69, 9.17) is 4.74 Å². The van der Waals surface area contributed by atoms with E-state index in [2.05, 4.69) is 36.1 Å². The molecule has 1 aliphatic rings. The number of rotatable bonds is 8. The van der Waals surface area contributed by atoms with Crippen LogP contribution in [0.5, 0.6) is 0 Å². The Kier molecular flexibility index (Phi) is 6.59. The number of carbonyl (C=O) groups is 1. The van der Waals surface area contributed by atoms with E-state index in [0.717, 1.165) is 43.5 Å². The van der Waals surface area contributed by atoms with E-state index < -0.39 is 5.54 Å². The number of unbranched alkanes of at least 4 members (excludes halogenated alkanes) is 2. The first kappa shape index (κ1) is 18.8. The number of benzene rings is 2. The highest BCUT2D eigenvalue weighted by Crippen LogP contribution is 2.39. The predicted octanol–water partition coefficient (Wildman–Crippen LogP) is 4.41. The van der Waals surface area contributed by atoms with Gasteiger partial charge in [0.25, 0.3) is 0 Å². The van der Waals surface area contributed by atoms with Gasteiger partial charge in [-0.2, -0.15) is 0 Å². The van der Waals surface area contributed by atoms with Crippen molar-refractivity contribution < 1.29 is 9.53 Å². The van der Waals surface area contributed by atoms with Crippen molar-refractivity contribution in [1.29, 1.82) is 0 Å². The van der Waals surface area contributed by atoms with Gasteiger partial charge in [0.1, 0.15) is 5.54 Å². The summed E-state index contributed by atoms with van der Waals surface area (Å²) in [4.78, 5) is 16.1. The highest BCUT2D eigenvalue weighted by atomic mass is 16.5. The van der Waals surface area contributed by atoms with Crippen LogP contribution in [0, 0.1) is 0 Å². The molecule has 0 unspecified atom stereocenters. The third-order valence-electron chi connectivity index (χ3n) is 5.28. The van der Waals surface area contributed by atoms with E-state index in [1.807, 2.05) is 36.4 Å². The number of Topliss-reactive ketones (excluding diaryl/α,β-unsaturated/α-hetero) is 1. The van der Waals surface area contributed by atoms with Crippen LogP contribution in [0.2, 0.25) is 0 Å². The Morgan fingerprint density at radius 1 is 0.923 bits per heavy atom. The smallest absolute Gasteiger partial charge is 0.162 e. The van der Waals surface area contributed by atoms with Crippen molar-refractivity contribution in [2.45, 2.75) is 38.1 Å². The fraction of sp³-hybridized carbons (Fsp3) is 0.435. The van der Waals surface area contributed by atoms with E-state index >= 15 is 0 Å². The van der Waals surface area contributed by atoms with Gasteiger partial charge in [0.2, 0.25) is 0 Å². The summed E-state index contributed by atoms with van der Waals surface area (Å²) in [6, 6.07) is 20.6. The summed E-state index contributed by atoms with van der Waals surface area (Å²) in [5.74, 6) is 0.297. The summed E-state index contributed by atoms with van der Waals surface area (Å²) in [7, 11) is 0. The zero-order valence-electron chi connectivity index (χ0n) is 15.7. The van der Waals surface area contributed by atoms with Crippen LogP contribution in [-0.2, 0) is 15.1 Å². The van der Waals surface area contributed by atoms with Crippen molar-refractivity contribution in [2.75, 3.05) is 26.3 Å². The molecule has 3 heteroatoms. The molecule has 0 bridgehead atoms. The SMILES string of the molecule is CCCCCC(=O)C(c1ccccc1)(c1ccccc1)N1CCOCC1. The number of hydrogen-bond donors (Lipinski definition) is 0. The van der Waals surface area contributed by atoms with Gasteiger partial charge in [0.15, 0.2) is 5.78 Å². The third kappa shape index (κ3) is 3.74. The summed E-state index contributed by atoms with van der Waals surface area (Å²) in [6.07, 6.45) is 3.76. The van der Waals surface area contributed by atoms with Gasteiger partial charge in [0, 0.05) is 19.5 Å². The topological polar surface area (TPSA) is 29.5 Å². The maximum atomic E-state index is 13.8. The molecule has 0 N–H and O–H groups in total. The van der Waals surface area contributed by atoms with Gasteiger partial charge in [-0.3, -0.25) is 9.69 Å². The lowest BCUT2D eigenvalue weighted by Gasteiger charge is -2.45. The zero-order chi connectivity index (χ0) is 18.2. The second-order valence-corrected chi connectivity index (χ2v) is 6.92. The van der Waals surface area contributed by atoms with Crippen LogP contribution >= 0.6 is 0 Å². The zero-order valence-corrected chi connectivity index (χ0v) is 15.7. The van der Waals surface area contributed by atoms with Crippen molar-refractivity contribution >= 4 is 5.78 Å². The number of nitrogens with zero attached hydrogens (tertiary/aromatic N) is 1. The second kappa shape index (κ2) is 9.11. The molecule has 1 heterocycles. The van der Waals surface area contributed by atoms with E-state index in [0.29, 0.717) is 25.4 Å². The summed E-state index contributed by atoms with van der Waals surface area (Å²) < 4.78 is 5.59. The normalized spacial score (nSPS) is 15.7. The van der Waals surface area contributed by atoms with E-state index in [1.165, 1.54) is 0 Å². The quantitative estimate of drug-likeness (QED) is 0.660. The third-order valence-corrected chi connectivity index (χ3v) is 5.28. The molecule has 26 heavy (non-hydrogen) atoms. The summed E-state index contributed by atoms with van der Waals surface area (Å²) >= 11 is 0. The van der Waals surface area contributed by atoms with Gasteiger partial charge in [-0.15, -0.1) is 0 Å². The van der Waals surface area contributed by atoms with Crippen LogP contribution in [0.25, 0.3) is 0 Å². The summed E-state index contributed by atoms with van der Waals surface area (Å²) in [5.41, 5.74) is 1.41. The minimum atomic E-state index is -0.722. The molecule has 0 aliphatic carbocycles. The number of hydrogen-bond acceptors (Lipinski definition) is 3. The van der Waals surface area contributed by atoms with Crippen molar-refractivity contribution in [2.24, 2.45) is 0 Å². The lowest BCUT2D eigenvalue weighted by atomic mass is 9.76. The Bertz CT molecular complexity index is 638. The number of morpholine rings is 1. The van der Waals surface area contributed by atoms with Crippen LogP contribution in [0.1, 0.15) is 43.7 Å². The molecule has 1 fully saturated rings. The predicted molar refractivity (Wildman–Crippen MR) is 105 cm³/mol. The molecular formula is C23H29NO2. The molecule has 0 aromatic heterocycles. The van der Waals surface area contributed by atoms with Crippen LogP contribution in [0.15, 0.2) is 60.7 Å². The van der Waals surface area contributed by atoms with Gasteiger partial charge in [0.05, 0.1) is 13.2 Å².